The number of amidine groups is 1. The summed E-state index contributed by atoms with van der Waals surface area (Å²) >= 11 is 0. The Kier molecular flexibility index (Phi) is 7.75. The van der Waals surface area contributed by atoms with Crippen LogP contribution in [0, 0.1) is 0 Å². The summed E-state index contributed by atoms with van der Waals surface area (Å²) in [6.07, 6.45) is 3.33. The minimum absolute atomic E-state index is 0.0728. The highest BCUT2D eigenvalue weighted by atomic mass is 32.2. The lowest BCUT2D eigenvalue weighted by Gasteiger charge is -2.11. The number of carbonyl (C=O) groups is 1. The molecule has 2 aromatic rings. The smallest absolute Gasteiger partial charge is 0.283 e. The highest BCUT2D eigenvalue weighted by molar-refractivity contribution is 7.90. The van der Waals surface area contributed by atoms with E-state index in [9.17, 15) is 21.6 Å². The van der Waals surface area contributed by atoms with E-state index < -0.39 is 19.9 Å². The van der Waals surface area contributed by atoms with E-state index >= 15 is 0 Å². The molecule has 9 nitrogen and oxygen atoms in total. The van der Waals surface area contributed by atoms with E-state index in [1.165, 1.54) is 36.4 Å². The van der Waals surface area contributed by atoms with Crippen LogP contribution in [-0.4, -0.2) is 59.9 Å². The van der Waals surface area contributed by atoms with Crippen LogP contribution in [0.15, 0.2) is 62.7 Å². The summed E-state index contributed by atoms with van der Waals surface area (Å²) in [6.45, 7) is 1.08. The van der Waals surface area contributed by atoms with Gasteiger partial charge in [-0.25, -0.2) is 8.42 Å². The second-order valence-electron chi connectivity index (χ2n) is 7.78. The van der Waals surface area contributed by atoms with Crippen LogP contribution in [0.2, 0.25) is 0 Å². The van der Waals surface area contributed by atoms with Gasteiger partial charge in [0.2, 0.25) is 5.91 Å². The van der Waals surface area contributed by atoms with Crippen molar-refractivity contribution in [3.63, 3.8) is 0 Å². The first-order chi connectivity index (χ1) is 15.5. The number of amides is 1. The number of likely N-dealkylation sites (tertiary alicyclic amines) is 1. The molecule has 1 aliphatic heterocycles. The number of sulfone groups is 1. The van der Waals surface area contributed by atoms with E-state index in [0.29, 0.717) is 30.1 Å². The molecular formula is C22H27N3O6S2. The van der Waals surface area contributed by atoms with Crippen LogP contribution in [0.4, 0.5) is 5.69 Å². The Hall–Kier alpha value is -2.92. The summed E-state index contributed by atoms with van der Waals surface area (Å²) in [4.78, 5) is 14.3. The molecule has 1 saturated heterocycles. The zero-order valence-corrected chi connectivity index (χ0v) is 20.2. The number of anilines is 1. The summed E-state index contributed by atoms with van der Waals surface area (Å²) in [5, 5.41) is 2.72. The summed E-state index contributed by atoms with van der Waals surface area (Å²) in [5.41, 5.74) is 0.488. The van der Waals surface area contributed by atoms with Crippen LogP contribution >= 0.6 is 0 Å². The van der Waals surface area contributed by atoms with Crippen molar-refractivity contribution in [1.82, 2.24) is 4.90 Å². The van der Waals surface area contributed by atoms with Crippen LogP contribution < -0.4 is 10.1 Å². The lowest BCUT2D eigenvalue weighted by Crippen LogP contribution is -2.20. The second kappa shape index (κ2) is 10.3. The van der Waals surface area contributed by atoms with Gasteiger partial charge >= 0.3 is 0 Å². The van der Waals surface area contributed by atoms with Gasteiger partial charge in [0, 0.05) is 38.4 Å². The van der Waals surface area contributed by atoms with E-state index in [1.807, 2.05) is 11.9 Å². The van der Waals surface area contributed by atoms with Gasteiger partial charge in [-0.15, -0.1) is 4.40 Å². The maximum atomic E-state index is 12.5. The lowest BCUT2D eigenvalue weighted by atomic mass is 10.2. The third kappa shape index (κ3) is 7.03. The molecule has 2 aromatic carbocycles. The zero-order chi connectivity index (χ0) is 24.1. The van der Waals surface area contributed by atoms with E-state index in [1.54, 1.807) is 12.1 Å². The molecule has 0 spiro atoms. The Morgan fingerprint density at radius 3 is 2.24 bits per heavy atom. The minimum Gasteiger partial charge on any atom is -0.494 e. The van der Waals surface area contributed by atoms with E-state index in [0.717, 1.165) is 19.2 Å². The normalized spacial score (nSPS) is 15.6. The zero-order valence-electron chi connectivity index (χ0n) is 18.5. The van der Waals surface area contributed by atoms with Crippen molar-refractivity contribution in [2.45, 2.75) is 35.5 Å². The predicted molar refractivity (Wildman–Crippen MR) is 126 cm³/mol. The quantitative estimate of drug-likeness (QED) is 0.533. The van der Waals surface area contributed by atoms with Gasteiger partial charge in [0.15, 0.2) is 9.84 Å². The summed E-state index contributed by atoms with van der Waals surface area (Å²) in [6, 6.07) is 12.0. The predicted octanol–water partition coefficient (Wildman–Crippen LogP) is 2.70. The topological polar surface area (TPSA) is 122 Å². The Bertz CT molecular complexity index is 1220. The molecule has 1 aliphatic rings. The van der Waals surface area contributed by atoms with Crippen LogP contribution in [0.25, 0.3) is 0 Å². The monoisotopic (exact) mass is 493 g/mol. The molecule has 1 fully saturated rings. The Balaban J connectivity index is 1.46. The number of benzene rings is 2. The number of nitrogens with one attached hydrogen (secondary N) is 1. The maximum absolute atomic E-state index is 12.5. The molecule has 3 rings (SSSR count). The van der Waals surface area contributed by atoms with Crippen molar-refractivity contribution in [2.75, 3.05) is 31.8 Å². The van der Waals surface area contributed by atoms with Gasteiger partial charge in [-0.05, 0) is 61.4 Å². The van der Waals surface area contributed by atoms with Crippen LogP contribution in [0.1, 0.15) is 25.7 Å². The van der Waals surface area contributed by atoms with E-state index in [-0.39, 0.29) is 28.7 Å². The van der Waals surface area contributed by atoms with Crippen molar-refractivity contribution in [3.8, 4) is 5.75 Å². The number of hydrogen-bond acceptors (Lipinski definition) is 6. The Labute approximate surface area is 194 Å². The standard InChI is InChI=1S/C22H27N3O6S2/c1-25-15-3-5-21(25)24-33(29,30)20-11-7-17(8-12-20)23-22(26)6-4-16-31-18-9-13-19(14-10-18)32(2,27)28/h7-14H,3-6,15-16H2,1-2H3,(H,23,26)/b24-21+. The van der Waals surface area contributed by atoms with Gasteiger partial charge in [0.1, 0.15) is 11.6 Å². The van der Waals surface area contributed by atoms with E-state index in [4.69, 9.17) is 4.74 Å². The first-order valence-electron chi connectivity index (χ1n) is 10.4. The van der Waals surface area contributed by atoms with Crippen molar-refractivity contribution in [2.24, 2.45) is 4.40 Å². The molecule has 33 heavy (non-hydrogen) atoms. The fourth-order valence-electron chi connectivity index (χ4n) is 3.24. The van der Waals surface area contributed by atoms with Crippen molar-refractivity contribution >= 4 is 37.3 Å². The first-order valence-corrected chi connectivity index (χ1v) is 13.8. The molecule has 0 bridgehead atoms. The average molecular weight is 494 g/mol. The van der Waals surface area contributed by atoms with Crippen LogP contribution in [0.5, 0.6) is 5.75 Å². The third-order valence-corrected chi connectivity index (χ3v) is 7.51. The van der Waals surface area contributed by atoms with Crippen molar-refractivity contribution in [1.29, 1.82) is 0 Å². The Morgan fingerprint density at radius 1 is 1.03 bits per heavy atom. The maximum Gasteiger partial charge on any atom is 0.283 e. The largest absolute Gasteiger partial charge is 0.494 e. The number of rotatable bonds is 9. The molecule has 0 aliphatic carbocycles. The number of carbonyl (C=O) groups excluding carboxylic acids is 1. The summed E-state index contributed by atoms with van der Waals surface area (Å²) in [7, 11) is -5.23. The Morgan fingerprint density at radius 2 is 1.67 bits per heavy atom. The lowest BCUT2D eigenvalue weighted by molar-refractivity contribution is -0.116. The molecule has 178 valence electrons. The molecule has 0 saturated carbocycles. The number of ether oxygens (including phenoxy) is 1. The van der Waals surface area contributed by atoms with E-state index in [2.05, 4.69) is 9.71 Å². The first kappa shape index (κ1) is 24.7. The molecule has 0 atom stereocenters. The third-order valence-electron chi connectivity index (χ3n) is 5.06. The van der Waals surface area contributed by atoms with Crippen molar-refractivity contribution < 1.29 is 26.4 Å². The number of hydrogen-bond donors (Lipinski definition) is 1. The van der Waals surface area contributed by atoms with Gasteiger partial charge in [0.25, 0.3) is 10.0 Å². The highest BCUT2D eigenvalue weighted by Crippen LogP contribution is 2.20. The fraction of sp³-hybridized carbons (Fsp3) is 0.364. The van der Waals surface area contributed by atoms with Crippen molar-refractivity contribution in [3.05, 3.63) is 48.5 Å². The number of sulfonamides is 1. The van der Waals surface area contributed by atoms with Gasteiger partial charge in [-0.1, -0.05) is 0 Å². The second-order valence-corrected chi connectivity index (χ2v) is 11.4. The molecule has 1 heterocycles. The fourth-order valence-corrected chi connectivity index (χ4v) is 4.96. The van der Waals surface area contributed by atoms with Gasteiger partial charge in [-0.3, -0.25) is 4.79 Å². The molecule has 1 N–H and O–H groups in total. The molecule has 0 radical (unpaired) electrons. The van der Waals surface area contributed by atoms with Gasteiger partial charge in [0.05, 0.1) is 16.4 Å². The van der Waals surface area contributed by atoms with Crippen LogP contribution in [0.3, 0.4) is 0 Å². The molecule has 11 heteroatoms. The molecule has 1 amide bonds. The average Bonchev–Trinajstić information content (AvgIpc) is 3.15. The minimum atomic E-state index is -3.79. The molecule has 0 unspecified atom stereocenters. The summed E-state index contributed by atoms with van der Waals surface area (Å²) in [5.74, 6) is 0.849. The SMILES string of the molecule is CN1CCC/C1=N\S(=O)(=O)c1ccc(NC(=O)CCCOc2ccc(S(C)(=O)=O)cc2)cc1. The summed E-state index contributed by atoms with van der Waals surface area (Å²) < 4.78 is 57.3. The number of nitrogens with zero attached hydrogens (tertiary/aromatic N) is 2. The molecular weight excluding hydrogens is 466 g/mol. The van der Waals surface area contributed by atoms with Crippen LogP contribution in [-0.2, 0) is 24.7 Å². The highest BCUT2D eigenvalue weighted by Gasteiger charge is 2.20. The van der Waals surface area contributed by atoms with Gasteiger partial charge in [-0.2, -0.15) is 8.42 Å². The van der Waals surface area contributed by atoms with Gasteiger partial charge < -0.3 is 15.0 Å². The molecule has 0 aromatic heterocycles.